The van der Waals surface area contributed by atoms with Crippen molar-refractivity contribution in [3.05, 3.63) is 45.9 Å². The van der Waals surface area contributed by atoms with Gasteiger partial charge in [-0.3, -0.25) is 0 Å². The first-order valence-electron chi connectivity index (χ1n) is 9.26. The third kappa shape index (κ3) is 4.30. The molecule has 0 amide bonds. The summed E-state index contributed by atoms with van der Waals surface area (Å²) in [6.45, 7) is 7.15. The lowest BCUT2D eigenvalue weighted by Gasteiger charge is -2.46. The van der Waals surface area contributed by atoms with Gasteiger partial charge in [-0.15, -0.1) is 11.3 Å². The molecule has 1 N–H and O–H groups in total. The molecule has 0 bridgehead atoms. The number of aryl methyl sites for hydroxylation is 1. The highest BCUT2D eigenvalue weighted by Gasteiger charge is 2.41. The Hall–Kier alpha value is -1.98. The summed E-state index contributed by atoms with van der Waals surface area (Å²) in [4.78, 5) is 7.89. The molecule has 2 aromatic rings. The molecule has 2 saturated heterocycles. The number of hydrogen-bond donors (Lipinski definition) is 1. The second-order valence-corrected chi connectivity index (χ2v) is 8.69. The summed E-state index contributed by atoms with van der Waals surface area (Å²) in [5.74, 6) is 0. The van der Waals surface area contributed by atoms with Crippen LogP contribution in [-0.4, -0.2) is 44.1 Å². The molecule has 0 unspecified atom stereocenters. The number of hydrogen-bond acceptors (Lipinski definition) is 7. The minimum absolute atomic E-state index is 0.152. The summed E-state index contributed by atoms with van der Waals surface area (Å²) in [5, 5.41) is 13.4. The number of nitrogens with zero attached hydrogens (tertiary/aromatic N) is 3. The molecule has 27 heavy (non-hydrogen) atoms. The number of aromatic nitrogens is 1. The first-order valence-corrected chi connectivity index (χ1v) is 10.1. The molecule has 1 aromatic heterocycles. The molecule has 0 saturated carbocycles. The van der Waals surface area contributed by atoms with E-state index in [0.29, 0.717) is 5.56 Å². The van der Waals surface area contributed by atoms with E-state index < -0.39 is 0 Å². The van der Waals surface area contributed by atoms with E-state index in [4.69, 9.17) is 14.7 Å². The van der Waals surface area contributed by atoms with Gasteiger partial charge in [-0.2, -0.15) is 5.26 Å². The number of rotatable bonds is 6. The number of ether oxygens (including phenoxy) is 2. The highest BCUT2D eigenvalue weighted by atomic mass is 32.1. The number of nitrogens with one attached hydrogen (secondary N) is 1. The van der Waals surface area contributed by atoms with Crippen molar-refractivity contribution in [3.8, 4) is 6.07 Å². The molecule has 1 spiro atoms. The molecule has 142 valence electrons. The highest BCUT2D eigenvalue weighted by molar-refractivity contribution is 7.11. The van der Waals surface area contributed by atoms with Gasteiger partial charge in [0.1, 0.15) is 0 Å². The van der Waals surface area contributed by atoms with Crippen LogP contribution >= 0.6 is 11.3 Å². The molecule has 0 aliphatic carbocycles. The summed E-state index contributed by atoms with van der Waals surface area (Å²) < 4.78 is 11.9. The van der Waals surface area contributed by atoms with Gasteiger partial charge in [0.2, 0.25) is 0 Å². The second kappa shape index (κ2) is 7.95. The van der Waals surface area contributed by atoms with Gasteiger partial charge >= 0.3 is 0 Å². The fourth-order valence-corrected chi connectivity index (χ4v) is 4.26. The Labute approximate surface area is 163 Å². The minimum Gasteiger partial charge on any atom is -0.366 e. The predicted octanol–water partition coefficient (Wildman–Crippen LogP) is 2.68. The van der Waals surface area contributed by atoms with Gasteiger partial charge in [0.15, 0.2) is 6.29 Å². The molecule has 1 aromatic carbocycles. The number of thiazole rings is 1. The molecule has 2 fully saturated rings. The smallest absolute Gasteiger partial charge is 0.159 e. The van der Waals surface area contributed by atoms with E-state index in [0.717, 1.165) is 56.5 Å². The van der Waals surface area contributed by atoms with Crippen LogP contribution in [-0.2, 0) is 16.0 Å². The third-order valence-corrected chi connectivity index (χ3v) is 6.06. The minimum atomic E-state index is -0.152. The van der Waals surface area contributed by atoms with Gasteiger partial charge < -0.3 is 19.7 Å². The van der Waals surface area contributed by atoms with Crippen LogP contribution in [0.5, 0.6) is 0 Å². The van der Waals surface area contributed by atoms with Crippen LogP contribution in [0, 0.1) is 23.7 Å². The largest absolute Gasteiger partial charge is 0.366 e. The van der Waals surface area contributed by atoms with E-state index in [2.05, 4.69) is 21.3 Å². The Morgan fingerprint density at radius 3 is 2.59 bits per heavy atom. The van der Waals surface area contributed by atoms with Gasteiger partial charge in [-0.25, -0.2) is 4.98 Å². The topological polar surface area (TPSA) is 70.4 Å². The van der Waals surface area contributed by atoms with E-state index in [1.165, 1.54) is 4.88 Å². The predicted molar refractivity (Wildman–Crippen MR) is 105 cm³/mol. The molecule has 2 aliphatic heterocycles. The van der Waals surface area contributed by atoms with Crippen molar-refractivity contribution in [2.45, 2.75) is 26.2 Å². The maximum absolute atomic E-state index is 9.04. The Kier molecular flexibility index (Phi) is 5.41. The van der Waals surface area contributed by atoms with Crippen molar-refractivity contribution in [2.24, 2.45) is 5.41 Å². The summed E-state index contributed by atoms with van der Waals surface area (Å²) in [6, 6.07) is 9.91. The van der Waals surface area contributed by atoms with Gasteiger partial charge in [0.05, 0.1) is 36.4 Å². The third-order valence-electron chi connectivity index (χ3n) is 5.16. The summed E-state index contributed by atoms with van der Waals surface area (Å²) in [6.07, 6.45) is 2.60. The van der Waals surface area contributed by atoms with Crippen molar-refractivity contribution in [3.63, 3.8) is 0 Å². The number of benzene rings is 1. The van der Waals surface area contributed by atoms with Crippen LogP contribution < -0.4 is 10.2 Å². The zero-order valence-corrected chi connectivity index (χ0v) is 16.3. The normalized spacial score (nSPS) is 18.8. The summed E-state index contributed by atoms with van der Waals surface area (Å²) in [7, 11) is 0. The first-order chi connectivity index (χ1) is 13.2. The van der Waals surface area contributed by atoms with E-state index >= 15 is 0 Å². The standard InChI is InChI=1S/C20H24N4O2S/c1-15-23-9-18(27-15)10-24(17-4-2-16(8-21)3-5-17)7-6-19-25-13-20(14-26-19)11-22-12-20/h2-5,9,19,22H,6-7,10-14H2,1H3. The van der Waals surface area contributed by atoms with Crippen molar-refractivity contribution in [1.82, 2.24) is 10.3 Å². The molecule has 6 nitrogen and oxygen atoms in total. The van der Waals surface area contributed by atoms with Crippen molar-refractivity contribution in [2.75, 3.05) is 37.7 Å². The average molecular weight is 385 g/mol. The van der Waals surface area contributed by atoms with Gasteiger partial charge in [-0.1, -0.05) is 0 Å². The summed E-state index contributed by atoms with van der Waals surface area (Å²) >= 11 is 1.72. The van der Waals surface area contributed by atoms with Crippen LogP contribution in [0.15, 0.2) is 30.5 Å². The molecular weight excluding hydrogens is 360 g/mol. The molecule has 7 heteroatoms. The molecule has 0 atom stereocenters. The van der Waals surface area contributed by atoms with Crippen LogP contribution in [0.4, 0.5) is 5.69 Å². The zero-order chi connectivity index (χ0) is 18.7. The van der Waals surface area contributed by atoms with Crippen molar-refractivity contribution >= 4 is 17.0 Å². The molecule has 2 aliphatic rings. The van der Waals surface area contributed by atoms with Gasteiger partial charge in [0, 0.05) is 48.2 Å². The van der Waals surface area contributed by atoms with Gasteiger partial charge in [-0.05, 0) is 31.2 Å². The molecular formula is C20H24N4O2S. The Morgan fingerprint density at radius 1 is 1.30 bits per heavy atom. The average Bonchev–Trinajstić information content (AvgIpc) is 3.09. The van der Waals surface area contributed by atoms with Crippen molar-refractivity contribution < 1.29 is 9.47 Å². The monoisotopic (exact) mass is 384 g/mol. The number of anilines is 1. The molecule has 4 rings (SSSR count). The second-order valence-electron chi connectivity index (χ2n) is 7.37. The zero-order valence-electron chi connectivity index (χ0n) is 15.5. The quantitative estimate of drug-likeness (QED) is 0.826. The fraction of sp³-hybridized carbons (Fsp3) is 0.500. The molecule has 0 radical (unpaired) electrons. The fourth-order valence-electron chi connectivity index (χ4n) is 3.45. The van der Waals surface area contributed by atoms with Crippen LogP contribution in [0.3, 0.4) is 0 Å². The summed E-state index contributed by atoms with van der Waals surface area (Å²) in [5.41, 5.74) is 1.96. The highest BCUT2D eigenvalue weighted by Crippen LogP contribution is 2.30. The van der Waals surface area contributed by atoms with E-state index in [1.54, 1.807) is 11.3 Å². The van der Waals surface area contributed by atoms with E-state index in [-0.39, 0.29) is 11.7 Å². The van der Waals surface area contributed by atoms with Crippen LogP contribution in [0.1, 0.15) is 21.9 Å². The Balaban J connectivity index is 1.40. The van der Waals surface area contributed by atoms with E-state index in [9.17, 15) is 0 Å². The molecule has 3 heterocycles. The lowest BCUT2D eigenvalue weighted by molar-refractivity contribution is -0.239. The van der Waals surface area contributed by atoms with Crippen molar-refractivity contribution in [1.29, 1.82) is 5.26 Å². The lowest BCUT2D eigenvalue weighted by atomic mass is 9.83. The maximum atomic E-state index is 9.04. The Bertz CT molecular complexity index is 800. The first kappa shape index (κ1) is 18.4. The van der Waals surface area contributed by atoms with E-state index in [1.807, 2.05) is 37.4 Å². The lowest BCUT2D eigenvalue weighted by Crippen LogP contribution is -2.61. The van der Waals surface area contributed by atoms with Crippen LogP contribution in [0.25, 0.3) is 0 Å². The SMILES string of the molecule is Cc1ncc(CN(CCC2OCC3(CNC3)CO2)c2ccc(C#N)cc2)s1. The maximum Gasteiger partial charge on any atom is 0.159 e. The number of nitriles is 1. The van der Waals surface area contributed by atoms with Crippen LogP contribution in [0.2, 0.25) is 0 Å². The van der Waals surface area contributed by atoms with Gasteiger partial charge in [0.25, 0.3) is 0 Å². The Morgan fingerprint density at radius 2 is 2.04 bits per heavy atom.